The molecule has 5 heteroatoms. The summed E-state index contributed by atoms with van der Waals surface area (Å²) >= 11 is 1.90. The third-order valence-electron chi connectivity index (χ3n) is 3.02. The number of ether oxygens (including phenoxy) is 1. The second kappa shape index (κ2) is 6.38. The minimum absolute atomic E-state index is 0.218. The summed E-state index contributed by atoms with van der Waals surface area (Å²) < 4.78 is 28.8. The van der Waals surface area contributed by atoms with Gasteiger partial charge < -0.3 is 10.1 Å². The van der Waals surface area contributed by atoms with Crippen LogP contribution in [0.25, 0.3) is 0 Å². The van der Waals surface area contributed by atoms with E-state index in [1.807, 2.05) is 17.8 Å². The van der Waals surface area contributed by atoms with Gasteiger partial charge in [0.1, 0.15) is 5.75 Å². The topological polar surface area (TPSA) is 21.3 Å². The summed E-state index contributed by atoms with van der Waals surface area (Å²) in [6, 6.07) is 7.68. The van der Waals surface area contributed by atoms with Crippen LogP contribution in [0.2, 0.25) is 0 Å². The van der Waals surface area contributed by atoms with Gasteiger partial charge in [0.05, 0.1) is 0 Å². The van der Waals surface area contributed by atoms with Crippen LogP contribution < -0.4 is 10.1 Å². The summed E-state index contributed by atoms with van der Waals surface area (Å²) in [5.74, 6) is 2.31. The molecule has 2 nitrogen and oxygen atoms in total. The predicted octanol–water partition coefficient (Wildman–Crippen LogP) is 3.44. The highest BCUT2D eigenvalue weighted by Crippen LogP contribution is 2.28. The van der Waals surface area contributed by atoms with Crippen LogP contribution in [0.4, 0.5) is 8.78 Å². The van der Waals surface area contributed by atoms with Crippen LogP contribution in [0.15, 0.2) is 24.3 Å². The number of thioether (sulfide) groups is 1. The lowest BCUT2D eigenvalue weighted by Crippen LogP contribution is -2.39. The Bertz CT molecular complexity index is 389. The molecule has 0 bridgehead atoms. The minimum Gasteiger partial charge on any atom is -0.435 e. The van der Waals surface area contributed by atoms with Gasteiger partial charge in [-0.25, -0.2) is 0 Å². The van der Waals surface area contributed by atoms with Gasteiger partial charge in [-0.2, -0.15) is 20.5 Å². The van der Waals surface area contributed by atoms with E-state index in [1.54, 1.807) is 18.2 Å². The van der Waals surface area contributed by atoms with Crippen molar-refractivity contribution in [3.63, 3.8) is 0 Å². The van der Waals surface area contributed by atoms with Crippen LogP contribution in [0.1, 0.15) is 24.9 Å². The van der Waals surface area contributed by atoms with Gasteiger partial charge in [-0.15, -0.1) is 0 Å². The van der Waals surface area contributed by atoms with E-state index in [4.69, 9.17) is 0 Å². The number of rotatable bonds is 4. The fourth-order valence-corrected chi connectivity index (χ4v) is 3.32. The molecule has 2 rings (SSSR count). The smallest absolute Gasteiger partial charge is 0.387 e. The highest BCUT2D eigenvalue weighted by molar-refractivity contribution is 7.99. The van der Waals surface area contributed by atoms with Gasteiger partial charge in [0.2, 0.25) is 0 Å². The highest BCUT2D eigenvalue weighted by atomic mass is 32.2. The Kier molecular flexibility index (Phi) is 4.83. The van der Waals surface area contributed by atoms with Gasteiger partial charge in [0, 0.05) is 23.6 Å². The van der Waals surface area contributed by atoms with Gasteiger partial charge in [0.25, 0.3) is 0 Å². The molecule has 1 N–H and O–H groups in total. The lowest BCUT2D eigenvalue weighted by Gasteiger charge is -2.30. The van der Waals surface area contributed by atoms with Gasteiger partial charge in [-0.1, -0.05) is 19.1 Å². The lowest BCUT2D eigenvalue weighted by atomic mass is 10.1. The molecule has 1 aliphatic rings. The molecule has 0 saturated carbocycles. The van der Waals surface area contributed by atoms with Crippen LogP contribution in [0, 0.1) is 0 Å². The van der Waals surface area contributed by atoms with E-state index in [2.05, 4.69) is 17.0 Å². The lowest BCUT2D eigenvalue weighted by molar-refractivity contribution is -0.0499. The SMILES string of the molecule is CCC1CSCC(c2cccc(OC(F)F)c2)N1. The first-order chi connectivity index (χ1) is 8.69. The Morgan fingerprint density at radius 3 is 3.00 bits per heavy atom. The fourth-order valence-electron chi connectivity index (χ4n) is 2.04. The molecule has 1 aromatic rings. The van der Waals surface area contributed by atoms with Crippen molar-refractivity contribution in [2.75, 3.05) is 11.5 Å². The molecule has 0 aromatic heterocycles. The summed E-state index contributed by atoms with van der Waals surface area (Å²) in [6.07, 6.45) is 1.08. The van der Waals surface area contributed by atoms with Gasteiger partial charge in [-0.3, -0.25) is 0 Å². The summed E-state index contributed by atoms with van der Waals surface area (Å²) in [7, 11) is 0. The van der Waals surface area contributed by atoms with Crippen molar-refractivity contribution >= 4 is 11.8 Å². The van der Waals surface area contributed by atoms with Gasteiger partial charge in [-0.05, 0) is 24.1 Å². The molecule has 0 radical (unpaired) electrons. The fraction of sp³-hybridized carbons (Fsp3) is 0.538. The highest BCUT2D eigenvalue weighted by Gasteiger charge is 2.21. The molecule has 0 amide bonds. The van der Waals surface area contributed by atoms with E-state index in [0.29, 0.717) is 6.04 Å². The molecule has 0 aliphatic carbocycles. The van der Waals surface area contributed by atoms with Gasteiger partial charge >= 0.3 is 6.61 Å². The zero-order valence-electron chi connectivity index (χ0n) is 10.2. The molecule has 1 aromatic carbocycles. The Morgan fingerprint density at radius 2 is 2.28 bits per heavy atom. The van der Waals surface area contributed by atoms with E-state index in [0.717, 1.165) is 23.5 Å². The quantitative estimate of drug-likeness (QED) is 0.908. The van der Waals surface area contributed by atoms with Crippen molar-refractivity contribution in [2.24, 2.45) is 0 Å². The number of hydrogen-bond acceptors (Lipinski definition) is 3. The first kappa shape index (κ1) is 13.6. The number of benzene rings is 1. The molecule has 2 unspecified atom stereocenters. The molecule has 0 spiro atoms. The van der Waals surface area contributed by atoms with Gasteiger partial charge in [0.15, 0.2) is 0 Å². The number of hydrogen-bond donors (Lipinski definition) is 1. The molecule has 1 fully saturated rings. The standard InChI is InChI=1S/C13H17F2NOS/c1-2-10-7-18-8-12(16-10)9-4-3-5-11(6-9)17-13(14)15/h3-6,10,12-13,16H,2,7-8H2,1H3. The molecule has 100 valence electrons. The second-order valence-electron chi connectivity index (χ2n) is 4.31. The Balaban J connectivity index is 2.07. The van der Waals surface area contributed by atoms with Crippen molar-refractivity contribution in [3.05, 3.63) is 29.8 Å². The largest absolute Gasteiger partial charge is 0.435 e. The van der Waals surface area contributed by atoms with Crippen LogP contribution in [0.3, 0.4) is 0 Å². The average Bonchev–Trinajstić information content (AvgIpc) is 2.38. The van der Waals surface area contributed by atoms with Crippen molar-refractivity contribution in [3.8, 4) is 5.75 Å². The molecule has 18 heavy (non-hydrogen) atoms. The number of halogens is 2. The summed E-state index contributed by atoms with van der Waals surface area (Å²) in [5, 5.41) is 3.54. The Morgan fingerprint density at radius 1 is 1.44 bits per heavy atom. The molecule has 2 atom stereocenters. The van der Waals surface area contributed by atoms with Crippen LogP contribution in [0.5, 0.6) is 5.75 Å². The Hall–Kier alpha value is -0.810. The van der Waals surface area contributed by atoms with E-state index in [9.17, 15) is 8.78 Å². The van der Waals surface area contributed by atoms with E-state index < -0.39 is 6.61 Å². The average molecular weight is 273 g/mol. The van der Waals surface area contributed by atoms with E-state index in [1.165, 1.54) is 0 Å². The van der Waals surface area contributed by atoms with Crippen LogP contribution in [-0.4, -0.2) is 24.2 Å². The predicted molar refractivity (Wildman–Crippen MR) is 70.4 cm³/mol. The molecular weight excluding hydrogens is 256 g/mol. The van der Waals surface area contributed by atoms with Crippen molar-refractivity contribution in [1.29, 1.82) is 0 Å². The maximum Gasteiger partial charge on any atom is 0.387 e. The molecule has 1 saturated heterocycles. The third-order valence-corrected chi connectivity index (χ3v) is 4.23. The maximum atomic E-state index is 12.2. The van der Waals surface area contributed by atoms with Crippen molar-refractivity contribution in [1.82, 2.24) is 5.32 Å². The number of nitrogens with one attached hydrogen (secondary N) is 1. The Labute approximate surface area is 110 Å². The van der Waals surface area contributed by atoms with Crippen LogP contribution in [-0.2, 0) is 0 Å². The second-order valence-corrected chi connectivity index (χ2v) is 5.39. The molecule has 1 heterocycles. The van der Waals surface area contributed by atoms with E-state index in [-0.39, 0.29) is 11.8 Å². The molecular formula is C13H17F2NOS. The maximum absolute atomic E-state index is 12.2. The van der Waals surface area contributed by atoms with Crippen LogP contribution >= 0.6 is 11.8 Å². The normalized spacial score (nSPS) is 24.2. The van der Waals surface area contributed by atoms with Crippen molar-refractivity contribution in [2.45, 2.75) is 32.0 Å². The zero-order chi connectivity index (χ0) is 13.0. The number of alkyl halides is 2. The summed E-state index contributed by atoms with van der Waals surface area (Å²) in [6.45, 7) is -0.617. The first-order valence-corrected chi connectivity index (χ1v) is 7.23. The summed E-state index contributed by atoms with van der Waals surface area (Å²) in [5.41, 5.74) is 1.01. The van der Waals surface area contributed by atoms with E-state index >= 15 is 0 Å². The molecule has 1 aliphatic heterocycles. The zero-order valence-corrected chi connectivity index (χ0v) is 11.1. The first-order valence-electron chi connectivity index (χ1n) is 6.07. The third kappa shape index (κ3) is 3.59. The van der Waals surface area contributed by atoms with Crippen molar-refractivity contribution < 1.29 is 13.5 Å². The monoisotopic (exact) mass is 273 g/mol. The minimum atomic E-state index is -2.77. The summed E-state index contributed by atoms with van der Waals surface area (Å²) in [4.78, 5) is 0.